The van der Waals surface area contributed by atoms with E-state index in [9.17, 15) is 9.59 Å². The number of nitrogens with two attached hydrogens (primary N) is 1. The van der Waals surface area contributed by atoms with Gasteiger partial charge in [-0.2, -0.15) is 0 Å². The minimum atomic E-state index is -0.547. The van der Waals surface area contributed by atoms with Gasteiger partial charge in [-0.25, -0.2) is 4.98 Å². The first-order valence-corrected chi connectivity index (χ1v) is 10.5. The predicted octanol–water partition coefficient (Wildman–Crippen LogP) is 3.16. The molecule has 3 aromatic rings. The Bertz CT molecular complexity index is 1050. The van der Waals surface area contributed by atoms with Crippen LogP contribution in [0.25, 0.3) is 10.9 Å². The summed E-state index contributed by atoms with van der Waals surface area (Å²) in [5.41, 5.74) is 8.04. The van der Waals surface area contributed by atoms with Crippen LogP contribution in [0.5, 0.6) is 0 Å². The number of carbonyl (C=O) groups is 2. The number of benzene rings is 1. The van der Waals surface area contributed by atoms with E-state index in [0.717, 1.165) is 36.0 Å². The van der Waals surface area contributed by atoms with E-state index in [1.54, 1.807) is 17.2 Å². The Morgan fingerprint density at radius 1 is 1.10 bits per heavy atom. The van der Waals surface area contributed by atoms with Crippen molar-refractivity contribution in [3.8, 4) is 0 Å². The average Bonchev–Trinajstić information content (AvgIpc) is 2.77. The molecule has 7 nitrogen and oxygen atoms in total. The summed E-state index contributed by atoms with van der Waals surface area (Å²) in [7, 11) is 3.78. The van der Waals surface area contributed by atoms with Gasteiger partial charge in [0, 0.05) is 31.7 Å². The molecule has 2 heterocycles. The van der Waals surface area contributed by atoms with Gasteiger partial charge in [-0.1, -0.05) is 31.5 Å². The Morgan fingerprint density at radius 2 is 1.90 bits per heavy atom. The Balaban J connectivity index is 1.85. The molecule has 2 amide bonds. The van der Waals surface area contributed by atoms with E-state index in [-0.39, 0.29) is 11.6 Å². The van der Waals surface area contributed by atoms with Crippen molar-refractivity contribution in [1.29, 1.82) is 0 Å². The fourth-order valence-electron chi connectivity index (χ4n) is 3.58. The van der Waals surface area contributed by atoms with Gasteiger partial charge in [0.15, 0.2) is 0 Å². The second kappa shape index (κ2) is 10.1. The van der Waals surface area contributed by atoms with Crippen LogP contribution in [0.15, 0.2) is 54.7 Å². The molecule has 0 aliphatic rings. The average molecular weight is 420 g/mol. The number of amides is 2. The van der Waals surface area contributed by atoms with Gasteiger partial charge in [0.2, 0.25) is 5.91 Å². The maximum atomic E-state index is 13.3. The lowest BCUT2D eigenvalue weighted by Gasteiger charge is -2.30. The van der Waals surface area contributed by atoms with Crippen LogP contribution < -0.4 is 5.73 Å². The van der Waals surface area contributed by atoms with Crippen molar-refractivity contribution in [3.63, 3.8) is 0 Å². The van der Waals surface area contributed by atoms with Gasteiger partial charge in [-0.05, 0) is 49.4 Å². The van der Waals surface area contributed by atoms with E-state index in [1.807, 2.05) is 61.5 Å². The number of aromatic nitrogens is 2. The fraction of sp³-hybridized carbons (Fsp3) is 0.333. The maximum absolute atomic E-state index is 13.3. The summed E-state index contributed by atoms with van der Waals surface area (Å²) in [5.74, 6) is -0.516. The normalized spacial score (nSPS) is 12.1. The Hall–Kier alpha value is -3.32. The third-order valence-electron chi connectivity index (χ3n) is 5.30. The van der Waals surface area contributed by atoms with Crippen LogP contribution in [0.4, 0.5) is 0 Å². The van der Waals surface area contributed by atoms with Gasteiger partial charge in [0.1, 0.15) is 11.7 Å². The summed E-state index contributed by atoms with van der Waals surface area (Å²) >= 11 is 0. The smallest absolute Gasteiger partial charge is 0.267 e. The fourth-order valence-corrected chi connectivity index (χ4v) is 3.58. The van der Waals surface area contributed by atoms with Crippen LogP contribution >= 0.6 is 0 Å². The predicted molar refractivity (Wildman–Crippen MR) is 121 cm³/mol. The molecule has 0 radical (unpaired) electrons. The number of fused-ring (bicyclic) bond motifs is 1. The molecule has 0 fully saturated rings. The monoisotopic (exact) mass is 419 g/mol. The van der Waals surface area contributed by atoms with E-state index < -0.39 is 11.9 Å². The minimum absolute atomic E-state index is 0.0307. The SMILES string of the molecule is CCCCN(C)C(=O)C(c1ccccn1)N(C)Cc1ccc2nc(C(N)=O)ccc2c1. The number of unbranched alkanes of at least 4 members (excludes halogenated alkanes) is 1. The molecular formula is C24H29N5O2. The van der Waals surface area contributed by atoms with Crippen molar-refractivity contribution in [2.75, 3.05) is 20.6 Å². The number of rotatable bonds is 9. The van der Waals surface area contributed by atoms with Crippen molar-refractivity contribution in [1.82, 2.24) is 19.8 Å². The third kappa shape index (κ3) is 5.44. The quantitative estimate of drug-likeness (QED) is 0.575. The van der Waals surface area contributed by atoms with Crippen molar-refractivity contribution >= 4 is 22.7 Å². The summed E-state index contributed by atoms with van der Waals surface area (Å²) < 4.78 is 0. The van der Waals surface area contributed by atoms with Crippen LogP contribution in [-0.4, -0.2) is 52.2 Å². The zero-order chi connectivity index (χ0) is 22.4. The summed E-state index contributed by atoms with van der Waals surface area (Å²) in [6, 6.07) is 14.5. The summed E-state index contributed by atoms with van der Waals surface area (Å²) in [6.07, 6.45) is 3.71. The van der Waals surface area contributed by atoms with Crippen molar-refractivity contribution in [2.45, 2.75) is 32.4 Å². The van der Waals surface area contributed by atoms with Crippen LogP contribution in [0.1, 0.15) is 47.6 Å². The van der Waals surface area contributed by atoms with Gasteiger partial charge in [-0.3, -0.25) is 19.5 Å². The van der Waals surface area contributed by atoms with Crippen molar-refractivity contribution in [2.24, 2.45) is 5.73 Å². The van der Waals surface area contributed by atoms with E-state index >= 15 is 0 Å². The summed E-state index contributed by atoms with van der Waals surface area (Å²) in [4.78, 5) is 37.2. The number of primary amides is 1. The number of nitrogens with zero attached hydrogens (tertiary/aromatic N) is 4. The molecule has 31 heavy (non-hydrogen) atoms. The molecule has 1 aromatic carbocycles. The zero-order valence-electron chi connectivity index (χ0n) is 18.3. The molecule has 0 spiro atoms. The number of carbonyl (C=O) groups excluding carboxylic acids is 2. The highest BCUT2D eigenvalue weighted by molar-refractivity contribution is 5.93. The van der Waals surface area contributed by atoms with Crippen molar-refractivity contribution < 1.29 is 9.59 Å². The first-order valence-electron chi connectivity index (χ1n) is 10.5. The molecule has 162 valence electrons. The minimum Gasteiger partial charge on any atom is -0.364 e. The molecule has 0 saturated heterocycles. The highest BCUT2D eigenvalue weighted by Crippen LogP contribution is 2.23. The third-order valence-corrected chi connectivity index (χ3v) is 5.30. The second-order valence-corrected chi connectivity index (χ2v) is 7.77. The van der Waals surface area contributed by atoms with Crippen molar-refractivity contribution in [3.05, 3.63) is 71.7 Å². The zero-order valence-corrected chi connectivity index (χ0v) is 18.3. The highest BCUT2D eigenvalue weighted by Gasteiger charge is 2.29. The molecule has 3 rings (SSSR count). The summed E-state index contributed by atoms with van der Waals surface area (Å²) in [5, 5.41) is 0.914. The van der Waals surface area contributed by atoms with Gasteiger partial charge in [0.05, 0.1) is 11.2 Å². The Labute approximate surface area is 182 Å². The number of hydrogen-bond donors (Lipinski definition) is 1. The Kier molecular flexibility index (Phi) is 7.31. The van der Waals surface area contributed by atoms with Gasteiger partial charge in [0.25, 0.3) is 5.91 Å². The Morgan fingerprint density at radius 3 is 2.58 bits per heavy atom. The van der Waals surface area contributed by atoms with Crippen LogP contribution in [0, 0.1) is 0 Å². The van der Waals surface area contributed by atoms with Gasteiger partial charge in [-0.15, -0.1) is 0 Å². The van der Waals surface area contributed by atoms with E-state index in [0.29, 0.717) is 12.1 Å². The molecule has 1 atom stereocenters. The molecule has 2 aromatic heterocycles. The lowest BCUT2D eigenvalue weighted by Crippen LogP contribution is -2.40. The highest BCUT2D eigenvalue weighted by atomic mass is 16.2. The number of hydrogen-bond acceptors (Lipinski definition) is 5. The molecule has 0 aliphatic heterocycles. The summed E-state index contributed by atoms with van der Waals surface area (Å²) in [6.45, 7) is 3.39. The lowest BCUT2D eigenvalue weighted by molar-refractivity contribution is -0.135. The molecular weight excluding hydrogens is 390 g/mol. The molecule has 0 saturated carbocycles. The van der Waals surface area contributed by atoms with E-state index in [2.05, 4.69) is 16.9 Å². The van der Waals surface area contributed by atoms with Gasteiger partial charge >= 0.3 is 0 Å². The lowest BCUT2D eigenvalue weighted by atomic mass is 10.1. The molecule has 2 N–H and O–H groups in total. The molecule has 7 heteroatoms. The standard InChI is InChI=1S/C24H29N5O2/c1-4-5-14-28(2)24(31)22(20-8-6-7-13-26-20)29(3)16-17-9-11-19-18(15-17)10-12-21(27-19)23(25)30/h6-13,15,22H,4-5,14,16H2,1-3H3,(H2,25,30). The number of likely N-dealkylation sites (N-methyl/N-ethyl adjacent to an activating group) is 2. The first kappa shape index (κ1) is 22.4. The van der Waals surface area contributed by atoms with E-state index in [1.165, 1.54) is 0 Å². The van der Waals surface area contributed by atoms with Gasteiger partial charge < -0.3 is 10.6 Å². The van der Waals surface area contributed by atoms with Crippen LogP contribution in [-0.2, 0) is 11.3 Å². The molecule has 1 unspecified atom stereocenters. The molecule has 0 aliphatic carbocycles. The first-order chi connectivity index (χ1) is 14.9. The largest absolute Gasteiger partial charge is 0.364 e. The topological polar surface area (TPSA) is 92.4 Å². The van der Waals surface area contributed by atoms with Crippen LogP contribution in [0.2, 0.25) is 0 Å². The number of pyridine rings is 2. The van der Waals surface area contributed by atoms with E-state index in [4.69, 9.17) is 5.73 Å². The second-order valence-electron chi connectivity index (χ2n) is 7.77. The maximum Gasteiger partial charge on any atom is 0.267 e. The molecule has 0 bridgehead atoms. The van der Waals surface area contributed by atoms with Crippen LogP contribution in [0.3, 0.4) is 0 Å².